The Morgan fingerprint density at radius 1 is 0.966 bits per heavy atom. The molecule has 6 heteroatoms. The Labute approximate surface area is 172 Å². The summed E-state index contributed by atoms with van der Waals surface area (Å²) in [6.07, 6.45) is 1.74. The standard InChI is InChI=1S/C23H18FN3OS/c24-20-10-12-21(13-11-20)28-15-18-8-6-17(7-9-18)14-25-27-23-26-22(16-29-23)19-4-2-1-3-5-19/h1-14,16H,15H2,(H,26,27). The lowest BCUT2D eigenvalue weighted by Gasteiger charge is -2.06. The van der Waals surface area contributed by atoms with Crippen LogP contribution in [0.1, 0.15) is 11.1 Å². The predicted molar refractivity (Wildman–Crippen MR) is 116 cm³/mol. The average Bonchev–Trinajstić information content (AvgIpc) is 3.24. The summed E-state index contributed by atoms with van der Waals surface area (Å²) in [6.45, 7) is 0.419. The number of thiazole rings is 1. The van der Waals surface area contributed by atoms with Gasteiger partial charge >= 0.3 is 0 Å². The first kappa shape index (κ1) is 18.8. The molecule has 4 nitrogen and oxygen atoms in total. The van der Waals surface area contributed by atoms with Crippen LogP contribution < -0.4 is 10.2 Å². The maximum atomic E-state index is 12.9. The van der Waals surface area contributed by atoms with Crippen LogP contribution in [-0.2, 0) is 6.61 Å². The molecular weight excluding hydrogens is 385 g/mol. The van der Waals surface area contributed by atoms with E-state index in [-0.39, 0.29) is 5.82 Å². The fourth-order valence-electron chi connectivity index (χ4n) is 2.63. The highest BCUT2D eigenvalue weighted by Gasteiger charge is 2.03. The third-order valence-electron chi connectivity index (χ3n) is 4.15. The molecule has 29 heavy (non-hydrogen) atoms. The first-order valence-electron chi connectivity index (χ1n) is 9.03. The summed E-state index contributed by atoms with van der Waals surface area (Å²) in [5.41, 5.74) is 6.96. The number of ether oxygens (including phenoxy) is 1. The summed E-state index contributed by atoms with van der Waals surface area (Å²) < 4.78 is 18.6. The Morgan fingerprint density at radius 3 is 2.48 bits per heavy atom. The second-order valence-corrected chi connectivity index (χ2v) is 7.12. The number of halogens is 1. The van der Waals surface area contributed by atoms with Crippen molar-refractivity contribution in [1.29, 1.82) is 0 Å². The number of aromatic nitrogens is 1. The number of hydrazone groups is 1. The molecule has 0 radical (unpaired) electrons. The summed E-state index contributed by atoms with van der Waals surface area (Å²) >= 11 is 1.51. The van der Waals surface area contributed by atoms with Crippen LogP contribution in [0.15, 0.2) is 89.3 Å². The predicted octanol–water partition coefficient (Wildman–Crippen LogP) is 5.97. The molecule has 3 aromatic carbocycles. The van der Waals surface area contributed by atoms with Gasteiger partial charge in [-0.05, 0) is 35.4 Å². The maximum Gasteiger partial charge on any atom is 0.203 e. The zero-order chi connectivity index (χ0) is 19.9. The lowest BCUT2D eigenvalue weighted by Crippen LogP contribution is -1.96. The van der Waals surface area contributed by atoms with Crippen molar-refractivity contribution in [3.8, 4) is 17.0 Å². The highest BCUT2D eigenvalue weighted by molar-refractivity contribution is 7.14. The molecule has 0 unspecified atom stereocenters. The molecule has 0 amide bonds. The lowest BCUT2D eigenvalue weighted by atomic mass is 10.1. The number of hydrogen-bond donors (Lipinski definition) is 1. The SMILES string of the molecule is Fc1ccc(OCc2ccc(C=NNc3nc(-c4ccccc4)cs3)cc2)cc1. The van der Waals surface area contributed by atoms with E-state index < -0.39 is 0 Å². The number of nitrogens with zero attached hydrogens (tertiary/aromatic N) is 2. The van der Waals surface area contributed by atoms with E-state index in [0.717, 1.165) is 27.5 Å². The van der Waals surface area contributed by atoms with Crippen molar-refractivity contribution in [3.63, 3.8) is 0 Å². The first-order chi connectivity index (χ1) is 14.3. The van der Waals surface area contributed by atoms with Crippen LogP contribution in [0, 0.1) is 5.82 Å². The van der Waals surface area contributed by atoms with Crippen LogP contribution in [0.5, 0.6) is 5.75 Å². The van der Waals surface area contributed by atoms with E-state index in [0.29, 0.717) is 12.4 Å². The molecule has 0 fully saturated rings. The molecule has 144 valence electrons. The van der Waals surface area contributed by atoms with E-state index in [1.807, 2.05) is 60.0 Å². The van der Waals surface area contributed by atoms with Crippen LogP contribution in [0.3, 0.4) is 0 Å². The van der Waals surface area contributed by atoms with Crippen molar-refractivity contribution in [2.75, 3.05) is 5.43 Å². The van der Waals surface area contributed by atoms with Gasteiger partial charge in [0.2, 0.25) is 5.13 Å². The van der Waals surface area contributed by atoms with Gasteiger partial charge in [-0.25, -0.2) is 9.37 Å². The van der Waals surface area contributed by atoms with Crippen LogP contribution in [-0.4, -0.2) is 11.2 Å². The van der Waals surface area contributed by atoms with Crippen LogP contribution in [0.4, 0.5) is 9.52 Å². The van der Waals surface area contributed by atoms with E-state index in [1.54, 1.807) is 18.3 Å². The Hall–Kier alpha value is -3.51. The largest absolute Gasteiger partial charge is 0.489 e. The maximum absolute atomic E-state index is 12.9. The van der Waals surface area contributed by atoms with Gasteiger partial charge in [0.25, 0.3) is 0 Å². The van der Waals surface area contributed by atoms with Gasteiger partial charge in [0, 0.05) is 10.9 Å². The molecule has 1 N–H and O–H groups in total. The molecule has 0 aliphatic heterocycles. The summed E-state index contributed by atoms with van der Waals surface area (Å²) in [4.78, 5) is 4.54. The minimum atomic E-state index is -0.274. The quantitative estimate of drug-likeness (QED) is 0.305. The highest BCUT2D eigenvalue weighted by atomic mass is 32.1. The molecule has 0 bridgehead atoms. The van der Waals surface area contributed by atoms with Gasteiger partial charge in [0.15, 0.2) is 0 Å². The minimum absolute atomic E-state index is 0.274. The Morgan fingerprint density at radius 2 is 1.72 bits per heavy atom. The van der Waals surface area contributed by atoms with Crippen LogP contribution in [0.2, 0.25) is 0 Å². The third-order valence-corrected chi connectivity index (χ3v) is 4.89. The Kier molecular flexibility index (Phi) is 5.92. The van der Waals surface area contributed by atoms with E-state index in [9.17, 15) is 4.39 Å². The Bertz CT molecular complexity index is 1080. The van der Waals surface area contributed by atoms with Gasteiger partial charge in [-0.1, -0.05) is 54.6 Å². The molecule has 0 spiro atoms. The number of rotatable bonds is 7. The fourth-order valence-corrected chi connectivity index (χ4v) is 3.29. The van der Waals surface area contributed by atoms with Gasteiger partial charge in [0.05, 0.1) is 11.9 Å². The molecular formula is C23H18FN3OS. The Balaban J connectivity index is 1.30. The highest BCUT2D eigenvalue weighted by Crippen LogP contribution is 2.24. The lowest BCUT2D eigenvalue weighted by molar-refractivity contribution is 0.306. The molecule has 1 heterocycles. The number of benzene rings is 3. The van der Waals surface area contributed by atoms with Crippen LogP contribution >= 0.6 is 11.3 Å². The summed E-state index contributed by atoms with van der Waals surface area (Å²) in [7, 11) is 0. The van der Waals surface area contributed by atoms with Crippen molar-refractivity contribution >= 4 is 22.7 Å². The fraction of sp³-hybridized carbons (Fsp3) is 0.0435. The average molecular weight is 403 g/mol. The molecule has 0 atom stereocenters. The minimum Gasteiger partial charge on any atom is -0.489 e. The van der Waals surface area contributed by atoms with Crippen molar-refractivity contribution in [3.05, 3.63) is 101 Å². The van der Waals surface area contributed by atoms with Crippen LogP contribution in [0.25, 0.3) is 11.3 Å². The normalized spacial score (nSPS) is 10.9. The first-order valence-corrected chi connectivity index (χ1v) is 9.91. The van der Waals surface area contributed by atoms with Crippen molar-refractivity contribution in [2.24, 2.45) is 5.10 Å². The zero-order valence-corrected chi connectivity index (χ0v) is 16.3. The van der Waals surface area contributed by atoms with Gasteiger partial charge in [0.1, 0.15) is 18.2 Å². The van der Waals surface area contributed by atoms with E-state index in [2.05, 4.69) is 15.5 Å². The monoisotopic (exact) mass is 403 g/mol. The summed E-state index contributed by atoms with van der Waals surface area (Å²) in [5, 5.41) is 7.00. The van der Waals surface area contributed by atoms with Gasteiger partial charge in [-0.3, -0.25) is 5.43 Å². The number of hydrogen-bond acceptors (Lipinski definition) is 5. The third kappa shape index (κ3) is 5.27. The van der Waals surface area contributed by atoms with Crippen molar-refractivity contribution < 1.29 is 9.13 Å². The van der Waals surface area contributed by atoms with Crippen molar-refractivity contribution in [2.45, 2.75) is 6.61 Å². The van der Waals surface area contributed by atoms with Crippen molar-refractivity contribution in [1.82, 2.24) is 4.98 Å². The molecule has 0 aliphatic rings. The number of anilines is 1. The van der Waals surface area contributed by atoms with E-state index in [4.69, 9.17) is 4.74 Å². The molecule has 0 aliphatic carbocycles. The van der Waals surface area contributed by atoms with Gasteiger partial charge in [-0.15, -0.1) is 11.3 Å². The smallest absolute Gasteiger partial charge is 0.203 e. The molecule has 4 aromatic rings. The summed E-state index contributed by atoms with van der Waals surface area (Å²) in [6, 6.07) is 23.9. The summed E-state index contributed by atoms with van der Waals surface area (Å²) in [5.74, 6) is 0.364. The van der Waals surface area contributed by atoms with E-state index in [1.165, 1.54) is 23.5 Å². The second kappa shape index (κ2) is 9.12. The van der Waals surface area contributed by atoms with Gasteiger partial charge < -0.3 is 4.74 Å². The molecule has 4 rings (SSSR count). The molecule has 0 saturated carbocycles. The second-order valence-electron chi connectivity index (χ2n) is 6.26. The van der Waals surface area contributed by atoms with Gasteiger partial charge in [-0.2, -0.15) is 5.10 Å². The molecule has 0 saturated heterocycles. The topological polar surface area (TPSA) is 46.5 Å². The number of nitrogens with one attached hydrogen (secondary N) is 1. The molecule has 1 aromatic heterocycles. The van der Waals surface area contributed by atoms with E-state index >= 15 is 0 Å². The zero-order valence-electron chi connectivity index (χ0n) is 15.5.